The standard InChI is InChI=1S/C15H21NO4S/c1-3-10-21(18,19)16-13-6-4-12(5-7-13)15(17)14-8-9-20-11(14)2/h4-7,11,14,16H,3,8-10H2,1-2H3. The number of carbonyl (C=O) groups is 1. The Balaban J connectivity index is 2.07. The number of sulfonamides is 1. The number of carbonyl (C=O) groups excluding carboxylic acids is 1. The van der Waals surface area contributed by atoms with Crippen LogP contribution in [-0.4, -0.2) is 32.7 Å². The summed E-state index contributed by atoms with van der Waals surface area (Å²) in [5, 5.41) is 0. The molecule has 1 N–H and O–H groups in total. The molecule has 1 aliphatic rings. The summed E-state index contributed by atoms with van der Waals surface area (Å²) in [6.07, 6.45) is 1.25. The third-order valence-corrected chi connectivity index (χ3v) is 5.12. The van der Waals surface area contributed by atoms with Crippen LogP contribution in [0.1, 0.15) is 37.0 Å². The number of ketones is 1. The minimum Gasteiger partial charge on any atom is -0.378 e. The smallest absolute Gasteiger partial charge is 0.232 e. The zero-order chi connectivity index (χ0) is 15.5. The van der Waals surface area contributed by atoms with Crippen molar-refractivity contribution in [3.05, 3.63) is 29.8 Å². The van der Waals surface area contributed by atoms with Crippen molar-refractivity contribution in [2.24, 2.45) is 5.92 Å². The Kier molecular flexibility index (Phi) is 5.00. The number of ether oxygens (including phenoxy) is 1. The average molecular weight is 311 g/mol. The monoisotopic (exact) mass is 311 g/mol. The first-order valence-corrected chi connectivity index (χ1v) is 8.84. The molecule has 0 aromatic heterocycles. The Morgan fingerprint density at radius 1 is 1.33 bits per heavy atom. The lowest BCUT2D eigenvalue weighted by Crippen LogP contribution is -2.21. The molecule has 0 bridgehead atoms. The maximum absolute atomic E-state index is 12.3. The van der Waals surface area contributed by atoms with Gasteiger partial charge in [0.2, 0.25) is 10.0 Å². The van der Waals surface area contributed by atoms with Crippen LogP contribution < -0.4 is 4.72 Å². The van der Waals surface area contributed by atoms with E-state index in [1.54, 1.807) is 24.3 Å². The van der Waals surface area contributed by atoms with E-state index in [4.69, 9.17) is 4.74 Å². The van der Waals surface area contributed by atoms with E-state index in [1.165, 1.54) is 0 Å². The summed E-state index contributed by atoms with van der Waals surface area (Å²) in [7, 11) is -3.30. The lowest BCUT2D eigenvalue weighted by Gasteiger charge is -2.13. The number of nitrogens with one attached hydrogen (secondary N) is 1. The molecule has 1 aromatic rings. The van der Waals surface area contributed by atoms with Crippen molar-refractivity contribution in [3.63, 3.8) is 0 Å². The van der Waals surface area contributed by atoms with Gasteiger partial charge in [0.15, 0.2) is 5.78 Å². The third kappa shape index (κ3) is 4.04. The van der Waals surface area contributed by atoms with E-state index in [9.17, 15) is 13.2 Å². The summed E-state index contributed by atoms with van der Waals surface area (Å²) in [4.78, 5) is 12.3. The molecule has 0 spiro atoms. The molecular weight excluding hydrogens is 290 g/mol. The highest BCUT2D eigenvalue weighted by atomic mass is 32.2. The van der Waals surface area contributed by atoms with Gasteiger partial charge < -0.3 is 4.74 Å². The first-order valence-electron chi connectivity index (χ1n) is 7.19. The summed E-state index contributed by atoms with van der Waals surface area (Å²) in [5.74, 6) is 0.0422. The average Bonchev–Trinajstić information content (AvgIpc) is 2.84. The quantitative estimate of drug-likeness (QED) is 0.819. The molecule has 6 heteroatoms. The fraction of sp³-hybridized carbons (Fsp3) is 0.533. The molecule has 1 aliphatic heterocycles. The van der Waals surface area contributed by atoms with Crippen LogP contribution >= 0.6 is 0 Å². The second kappa shape index (κ2) is 6.58. The molecule has 2 rings (SSSR count). The van der Waals surface area contributed by atoms with E-state index in [2.05, 4.69) is 4.72 Å². The van der Waals surface area contributed by atoms with Crippen molar-refractivity contribution >= 4 is 21.5 Å². The topological polar surface area (TPSA) is 72.5 Å². The Morgan fingerprint density at radius 3 is 2.52 bits per heavy atom. The van der Waals surface area contributed by atoms with Crippen LogP contribution in [0.25, 0.3) is 0 Å². The summed E-state index contributed by atoms with van der Waals surface area (Å²) in [5.41, 5.74) is 1.08. The number of rotatable bonds is 6. The fourth-order valence-electron chi connectivity index (χ4n) is 2.49. The first kappa shape index (κ1) is 16.0. The zero-order valence-corrected chi connectivity index (χ0v) is 13.2. The Bertz CT molecular complexity index is 595. The van der Waals surface area contributed by atoms with E-state index in [-0.39, 0.29) is 23.6 Å². The fourth-order valence-corrected chi connectivity index (χ4v) is 3.63. The molecule has 116 valence electrons. The molecule has 1 heterocycles. The van der Waals surface area contributed by atoms with Gasteiger partial charge in [0, 0.05) is 17.9 Å². The van der Waals surface area contributed by atoms with Crippen molar-refractivity contribution in [3.8, 4) is 0 Å². The largest absolute Gasteiger partial charge is 0.378 e. The van der Waals surface area contributed by atoms with Crippen molar-refractivity contribution in [2.75, 3.05) is 17.1 Å². The normalized spacial score (nSPS) is 22.2. The van der Waals surface area contributed by atoms with Gasteiger partial charge in [-0.3, -0.25) is 9.52 Å². The summed E-state index contributed by atoms with van der Waals surface area (Å²) in [6, 6.07) is 6.58. The second-order valence-corrected chi connectivity index (χ2v) is 7.18. The maximum atomic E-state index is 12.3. The molecule has 21 heavy (non-hydrogen) atoms. The van der Waals surface area contributed by atoms with Crippen molar-refractivity contribution < 1.29 is 17.9 Å². The van der Waals surface area contributed by atoms with Crippen LogP contribution in [0, 0.1) is 5.92 Å². The van der Waals surface area contributed by atoms with E-state index in [0.717, 1.165) is 6.42 Å². The minimum absolute atomic E-state index is 0.0553. The molecule has 0 amide bonds. The minimum atomic E-state index is -3.30. The Labute approximate surface area is 125 Å². The molecule has 2 atom stereocenters. The van der Waals surface area contributed by atoms with Crippen LogP contribution in [0.15, 0.2) is 24.3 Å². The van der Waals surface area contributed by atoms with Crippen molar-refractivity contribution in [1.29, 1.82) is 0 Å². The molecule has 1 fully saturated rings. The predicted molar refractivity (Wildman–Crippen MR) is 82.0 cm³/mol. The van der Waals surface area contributed by atoms with Gasteiger partial charge >= 0.3 is 0 Å². The SMILES string of the molecule is CCCS(=O)(=O)Nc1ccc(C(=O)C2CCOC2C)cc1. The summed E-state index contributed by atoms with van der Waals surface area (Å²) < 4.78 is 31.3. The van der Waals surface area contributed by atoms with Crippen LogP contribution in [-0.2, 0) is 14.8 Å². The number of Topliss-reactive ketones (excluding diaryl/α,β-unsaturated/α-hetero) is 1. The number of hydrogen-bond donors (Lipinski definition) is 1. The van der Waals surface area contributed by atoms with Gasteiger partial charge in [-0.1, -0.05) is 6.92 Å². The van der Waals surface area contributed by atoms with Gasteiger partial charge in [0.1, 0.15) is 0 Å². The molecule has 2 unspecified atom stereocenters. The highest BCUT2D eigenvalue weighted by Crippen LogP contribution is 2.25. The van der Waals surface area contributed by atoms with Crippen LogP contribution in [0.3, 0.4) is 0 Å². The highest BCUT2D eigenvalue weighted by molar-refractivity contribution is 7.92. The van der Waals surface area contributed by atoms with Gasteiger partial charge in [-0.25, -0.2) is 8.42 Å². The second-order valence-electron chi connectivity index (χ2n) is 5.33. The van der Waals surface area contributed by atoms with Crippen molar-refractivity contribution in [1.82, 2.24) is 0 Å². The van der Waals surface area contributed by atoms with Gasteiger partial charge in [-0.2, -0.15) is 0 Å². The van der Waals surface area contributed by atoms with Gasteiger partial charge in [0.05, 0.1) is 17.8 Å². The number of anilines is 1. The third-order valence-electron chi connectivity index (χ3n) is 3.63. The predicted octanol–water partition coefficient (Wildman–Crippen LogP) is 2.45. The summed E-state index contributed by atoms with van der Waals surface area (Å²) in [6.45, 7) is 4.33. The van der Waals surface area contributed by atoms with E-state index in [1.807, 2.05) is 13.8 Å². The molecule has 1 saturated heterocycles. The van der Waals surface area contributed by atoms with Crippen LogP contribution in [0.4, 0.5) is 5.69 Å². The maximum Gasteiger partial charge on any atom is 0.232 e. The van der Waals surface area contributed by atoms with Crippen LogP contribution in [0.2, 0.25) is 0 Å². The van der Waals surface area contributed by atoms with Gasteiger partial charge in [-0.15, -0.1) is 0 Å². The Hall–Kier alpha value is -1.40. The van der Waals surface area contributed by atoms with Crippen molar-refractivity contribution in [2.45, 2.75) is 32.8 Å². The summed E-state index contributed by atoms with van der Waals surface area (Å²) >= 11 is 0. The zero-order valence-electron chi connectivity index (χ0n) is 12.3. The molecule has 0 saturated carbocycles. The van der Waals surface area contributed by atoms with Gasteiger partial charge in [0.25, 0.3) is 0 Å². The van der Waals surface area contributed by atoms with E-state index >= 15 is 0 Å². The lowest BCUT2D eigenvalue weighted by molar-refractivity contribution is 0.0764. The van der Waals surface area contributed by atoms with E-state index in [0.29, 0.717) is 24.3 Å². The van der Waals surface area contributed by atoms with Crippen LogP contribution in [0.5, 0.6) is 0 Å². The first-order chi connectivity index (χ1) is 9.93. The number of hydrogen-bond acceptors (Lipinski definition) is 4. The molecule has 5 nitrogen and oxygen atoms in total. The molecule has 0 radical (unpaired) electrons. The Morgan fingerprint density at radius 2 is 2.00 bits per heavy atom. The van der Waals surface area contributed by atoms with E-state index < -0.39 is 10.0 Å². The highest BCUT2D eigenvalue weighted by Gasteiger charge is 2.31. The number of benzene rings is 1. The molecule has 0 aliphatic carbocycles. The molecule has 1 aromatic carbocycles. The molecular formula is C15H21NO4S. The van der Waals surface area contributed by atoms with Gasteiger partial charge in [-0.05, 0) is 44.0 Å². The lowest BCUT2D eigenvalue weighted by atomic mass is 9.92.